The van der Waals surface area contributed by atoms with E-state index in [1.807, 2.05) is 10.6 Å². The molecule has 6 radical (unpaired) electrons. The van der Waals surface area contributed by atoms with Crippen LogP contribution in [0.3, 0.4) is 0 Å². The number of alkyl halides is 2. The molecule has 4 aromatic rings. The number of nitrogens with zero attached hydrogens (tertiary/aromatic N) is 3. The summed E-state index contributed by atoms with van der Waals surface area (Å²) in [6.07, 6.45) is 0.216. The van der Waals surface area contributed by atoms with Gasteiger partial charge in [0, 0.05) is 23.2 Å². The van der Waals surface area contributed by atoms with E-state index in [9.17, 15) is 18.1 Å². The summed E-state index contributed by atoms with van der Waals surface area (Å²) in [7, 11) is 15.7. The molecular weight excluding hydrogens is 704 g/mol. The van der Waals surface area contributed by atoms with E-state index in [0.717, 1.165) is 4.90 Å². The second-order valence-corrected chi connectivity index (χ2v) is 15.0. The largest absolute Gasteiger partial charge is 1.00 e. The van der Waals surface area contributed by atoms with E-state index >= 15 is 4.39 Å². The fourth-order valence-electron chi connectivity index (χ4n) is 6.11. The van der Waals surface area contributed by atoms with Gasteiger partial charge in [0.25, 0.3) is 5.91 Å². The van der Waals surface area contributed by atoms with Crippen LogP contribution in [0.1, 0.15) is 58.4 Å². The van der Waals surface area contributed by atoms with Gasteiger partial charge in [-0.3, -0.25) is 4.79 Å². The summed E-state index contributed by atoms with van der Waals surface area (Å²) < 4.78 is 61.4. The molecule has 1 aromatic heterocycles. The quantitative estimate of drug-likeness (QED) is 0.174. The molecule has 3 aromatic carbocycles. The average molecular weight is 731 g/mol. The number of benzene rings is 3. The van der Waals surface area contributed by atoms with Crippen LogP contribution in [-0.4, -0.2) is 69.1 Å². The summed E-state index contributed by atoms with van der Waals surface area (Å²) in [4.78, 5) is 19.6. The number of fused-ring (bicyclic) bond motifs is 9. The maximum Gasteiger partial charge on any atom is 1.00 e. The first-order valence-electron chi connectivity index (χ1n) is 13.3. The van der Waals surface area contributed by atoms with Crippen LogP contribution in [0.15, 0.2) is 54.6 Å². The van der Waals surface area contributed by atoms with Gasteiger partial charge in [-0.2, -0.15) is 8.78 Å². The van der Waals surface area contributed by atoms with E-state index in [1.54, 1.807) is 44.5 Å². The summed E-state index contributed by atoms with van der Waals surface area (Å²) in [6, 6.07) is 13.1. The number of rotatable bonds is 6. The van der Waals surface area contributed by atoms with Crippen molar-refractivity contribution in [2.24, 2.45) is 0 Å². The zero-order valence-electron chi connectivity index (χ0n) is 25.1. The molecule has 44 heavy (non-hydrogen) atoms. The number of hydrogen-bond donors (Lipinski definition) is 0. The molecule has 0 N–H and O–H groups in total. The summed E-state index contributed by atoms with van der Waals surface area (Å²) >= 11 is 0. The Morgan fingerprint density at radius 3 is 2.32 bits per heavy atom. The number of ether oxygens (including phenoxy) is 1. The molecule has 6 rings (SSSR count). The first-order valence-corrected chi connectivity index (χ1v) is 16.0. The molecule has 0 spiro atoms. The number of hydrogen-bond acceptors (Lipinski definition) is 4. The molecule has 2 aliphatic heterocycles. The number of aromatic nitrogens is 2. The Labute approximate surface area is 317 Å². The van der Waals surface area contributed by atoms with Crippen LogP contribution >= 0.6 is 7.14 Å². The molecular formula is C30H27B3CsF3N3O3P. The van der Waals surface area contributed by atoms with Crippen LogP contribution in [0, 0.1) is 13.2 Å². The molecule has 6 nitrogen and oxygen atoms in total. The molecule has 0 saturated carbocycles. The van der Waals surface area contributed by atoms with Crippen molar-refractivity contribution in [3.63, 3.8) is 0 Å². The third-order valence-electron chi connectivity index (χ3n) is 8.28. The average Bonchev–Trinajstić information content (AvgIpc) is 3.39. The van der Waals surface area contributed by atoms with Crippen molar-refractivity contribution in [2.75, 3.05) is 13.3 Å². The van der Waals surface area contributed by atoms with E-state index in [1.165, 1.54) is 24.3 Å². The Balaban J connectivity index is 0.00000221. The van der Waals surface area contributed by atoms with Crippen LogP contribution < -0.4 is 73.6 Å². The predicted octanol–water partition coefficient (Wildman–Crippen LogP) is 3.19. The van der Waals surface area contributed by atoms with E-state index in [2.05, 4.69) is 0 Å². The molecule has 2 bridgehead atoms. The number of carbonyl (C=O) groups excluding carboxylic acids is 1. The van der Waals surface area contributed by atoms with Gasteiger partial charge in [0.05, 0.1) is 53.8 Å². The van der Waals surface area contributed by atoms with Gasteiger partial charge in [0.15, 0.2) is 0 Å². The molecule has 3 unspecified atom stereocenters. The molecule has 3 heterocycles. The molecule has 0 saturated heterocycles. The first kappa shape index (κ1) is 35.5. The SMILES string of the molecule is [B]C([B])([B])N1C(=O)c2cccc(OC(F)F)c2C2CC1c1nc3ccc(-c4ccc(C(C)P(C)(C)=O)c(F)c4)cc3n12.[CH3-].[Cs+]. The Kier molecular flexibility index (Phi) is 10.3. The summed E-state index contributed by atoms with van der Waals surface area (Å²) in [5.74, 6) is -0.810. The van der Waals surface area contributed by atoms with Crippen molar-refractivity contribution in [1.29, 1.82) is 0 Å². The van der Waals surface area contributed by atoms with Crippen LogP contribution in [0.5, 0.6) is 5.75 Å². The molecule has 0 aliphatic carbocycles. The molecule has 2 aliphatic rings. The molecule has 14 heteroatoms. The van der Waals surface area contributed by atoms with Crippen molar-refractivity contribution in [3.8, 4) is 16.9 Å². The zero-order chi connectivity index (χ0) is 30.3. The van der Waals surface area contributed by atoms with Gasteiger partial charge >= 0.3 is 75.5 Å². The Hall–Kier alpha value is -1.33. The molecule has 3 atom stereocenters. The Morgan fingerprint density at radius 2 is 1.70 bits per heavy atom. The van der Waals surface area contributed by atoms with E-state index in [-0.39, 0.29) is 99.6 Å². The second-order valence-electron chi connectivity index (χ2n) is 11.3. The number of amides is 1. The van der Waals surface area contributed by atoms with Crippen LogP contribution in [0.25, 0.3) is 22.2 Å². The van der Waals surface area contributed by atoms with Gasteiger partial charge in [-0.15, -0.1) is 0 Å². The first-order chi connectivity index (χ1) is 19.7. The smallest absolute Gasteiger partial charge is 0.434 e. The minimum Gasteiger partial charge on any atom is -0.434 e. The summed E-state index contributed by atoms with van der Waals surface area (Å²) in [5.41, 5.74) is 2.73. The number of imidazole rings is 1. The van der Waals surface area contributed by atoms with Gasteiger partial charge in [0.2, 0.25) is 0 Å². The standard InChI is InChI=1S/C29H24B3F3N3O3P.CH3.Cs/c1-14(42(2,3)40)17-9-7-15(11-19(17)33)16-8-10-20-21(12-16)37-22-13-23(26(37)36-20)38(29(30,31)32)27(39)18-5-4-6-24(25(18)22)41-28(34)35;;/h4-12,14,22-23,28H,13H2,1-3H3;1H3;/q;-1;+1. The molecule has 1 amide bonds. The van der Waals surface area contributed by atoms with Gasteiger partial charge < -0.3 is 26.2 Å². The van der Waals surface area contributed by atoms with Gasteiger partial charge in [-0.25, -0.2) is 9.37 Å². The Bertz CT molecular complexity index is 1810. The normalized spacial score (nSPS) is 18.2. The molecule has 0 fully saturated rings. The molecule has 216 valence electrons. The third kappa shape index (κ3) is 6.07. The van der Waals surface area contributed by atoms with E-state index in [4.69, 9.17) is 33.3 Å². The van der Waals surface area contributed by atoms with Crippen molar-refractivity contribution in [1.82, 2.24) is 14.5 Å². The maximum absolute atomic E-state index is 15.2. The maximum atomic E-state index is 15.2. The van der Waals surface area contributed by atoms with E-state index < -0.39 is 48.5 Å². The summed E-state index contributed by atoms with van der Waals surface area (Å²) in [5, 5.41) is -2.08. The monoisotopic (exact) mass is 731 g/mol. The topological polar surface area (TPSA) is 64.4 Å². The minimum atomic E-state index is -3.12. The van der Waals surface area contributed by atoms with E-state index in [0.29, 0.717) is 33.5 Å². The van der Waals surface area contributed by atoms with Gasteiger partial charge in [-0.1, -0.05) is 36.4 Å². The van der Waals surface area contributed by atoms with Crippen molar-refractivity contribution in [2.45, 2.75) is 42.9 Å². The fraction of sp³-hybridized carbons (Fsp3) is 0.300. The third-order valence-corrected chi connectivity index (χ3v) is 10.4. The predicted molar refractivity (Wildman–Crippen MR) is 164 cm³/mol. The minimum absolute atomic E-state index is 0. The van der Waals surface area contributed by atoms with Crippen LogP contribution in [-0.2, 0) is 4.57 Å². The van der Waals surface area contributed by atoms with Gasteiger partial charge in [0.1, 0.15) is 17.4 Å². The summed E-state index contributed by atoms with van der Waals surface area (Å²) in [6.45, 7) is 1.89. The van der Waals surface area contributed by atoms with Crippen LogP contribution in [0.4, 0.5) is 13.2 Å². The van der Waals surface area contributed by atoms with Crippen LogP contribution in [0.2, 0.25) is 0 Å². The second kappa shape index (κ2) is 12.7. The van der Waals surface area contributed by atoms with Crippen molar-refractivity contribution >= 4 is 47.6 Å². The van der Waals surface area contributed by atoms with Gasteiger partial charge in [-0.05, 0) is 60.4 Å². The Morgan fingerprint density at radius 1 is 1.05 bits per heavy atom. The number of carbonyl (C=O) groups is 1. The van der Waals surface area contributed by atoms with Crippen molar-refractivity contribution in [3.05, 3.63) is 90.4 Å². The zero-order valence-corrected chi connectivity index (χ0v) is 32.3. The fourth-order valence-corrected chi connectivity index (χ4v) is 6.99. The van der Waals surface area contributed by atoms with Crippen molar-refractivity contribution < 1.29 is 96.2 Å². The number of halogens is 3.